The molecule has 0 aliphatic carbocycles. The summed E-state index contributed by atoms with van der Waals surface area (Å²) in [5.41, 5.74) is 4.39. The molecule has 1 unspecified atom stereocenters. The summed E-state index contributed by atoms with van der Waals surface area (Å²) in [6.07, 6.45) is 5.57. The predicted molar refractivity (Wildman–Crippen MR) is 61.5 cm³/mol. The topological polar surface area (TPSA) is 94.5 Å². The fourth-order valence-electron chi connectivity index (χ4n) is 1.52. The molecule has 0 amide bonds. The zero-order valence-corrected chi connectivity index (χ0v) is 9.83. The summed E-state index contributed by atoms with van der Waals surface area (Å²) in [7, 11) is 1.84. The van der Waals surface area contributed by atoms with Crippen molar-refractivity contribution in [2.75, 3.05) is 0 Å². The van der Waals surface area contributed by atoms with E-state index in [0.29, 0.717) is 6.42 Å². The van der Waals surface area contributed by atoms with Crippen LogP contribution in [0.3, 0.4) is 0 Å². The van der Waals surface area contributed by atoms with E-state index in [0.717, 1.165) is 17.2 Å². The molecule has 0 bridgehead atoms. The Balaban J connectivity index is 2.17. The minimum absolute atomic E-state index is 0.119. The van der Waals surface area contributed by atoms with Gasteiger partial charge < -0.3 is 0 Å². The zero-order valence-electron chi connectivity index (χ0n) is 9.83. The van der Waals surface area contributed by atoms with Crippen molar-refractivity contribution in [2.45, 2.75) is 19.4 Å². The van der Waals surface area contributed by atoms with Gasteiger partial charge in [-0.05, 0) is 6.92 Å². The SMILES string of the molecule is Cc1cnc(C(Cc2ncnn2C)NN)cn1. The quantitative estimate of drug-likeness (QED) is 0.554. The summed E-state index contributed by atoms with van der Waals surface area (Å²) in [5, 5.41) is 4.01. The highest BCUT2D eigenvalue weighted by molar-refractivity contribution is 5.08. The number of hydrazine groups is 1. The average molecular weight is 233 g/mol. The van der Waals surface area contributed by atoms with Crippen LogP contribution in [0.4, 0.5) is 0 Å². The van der Waals surface area contributed by atoms with Crippen LogP contribution < -0.4 is 11.3 Å². The summed E-state index contributed by atoms with van der Waals surface area (Å²) in [4.78, 5) is 12.7. The fraction of sp³-hybridized carbons (Fsp3) is 0.400. The zero-order chi connectivity index (χ0) is 12.3. The molecule has 7 nitrogen and oxygen atoms in total. The molecule has 0 spiro atoms. The van der Waals surface area contributed by atoms with Crippen molar-refractivity contribution in [1.82, 2.24) is 30.2 Å². The average Bonchev–Trinajstić information content (AvgIpc) is 2.73. The Labute approximate surface area is 99.1 Å². The summed E-state index contributed by atoms with van der Waals surface area (Å²) < 4.78 is 1.71. The Morgan fingerprint density at radius 1 is 1.35 bits per heavy atom. The number of aromatic nitrogens is 5. The number of nitrogens with one attached hydrogen (secondary N) is 1. The molecule has 7 heteroatoms. The third-order valence-corrected chi connectivity index (χ3v) is 2.55. The van der Waals surface area contributed by atoms with Gasteiger partial charge in [-0.3, -0.25) is 25.9 Å². The minimum Gasteiger partial charge on any atom is -0.271 e. The molecule has 0 saturated heterocycles. The predicted octanol–water partition coefficient (Wildman–Crippen LogP) is -0.339. The second-order valence-corrected chi connectivity index (χ2v) is 3.81. The first-order valence-corrected chi connectivity index (χ1v) is 5.28. The van der Waals surface area contributed by atoms with Gasteiger partial charge in [0.15, 0.2) is 0 Å². The molecular formula is C10H15N7. The van der Waals surface area contributed by atoms with Crippen molar-refractivity contribution in [3.05, 3.63) is 35.9 Å². The van der Waals surface area contributed by atoms with E-state index in [9.17, 15) is 0 Å². The second kappa shape index (κ2) is 4.98. The summed E-state index contributed by atoms with van der Waals surface area (Å²) >= 11 is 0. The molecule has 2 aromatic heterocycles. The van der Waals surface area contributed by atoms with Gasteiger partial charge in [-0.2, -0.15) is 5.10 Å². The lowest BCUT2D eigenvalue weighted by Gasteiger charge is -2.14. The van der Waals surface area contributed by atoms with E-state index in [-0.39, 0.29) is 6.04 Å². The molecule has 0 aliphatic heterocycles. The molecule has 2 aromatic rings. The molecule has 2 heterocycles. The monoisotopic (exact) mass is 233 g/mol. The molecule has 0 radical (unpaired) electrons. The maximum atomic E-state index is 5.53. The van der Waals surface area contributed by atoms with Crippen LogP contribution in [0.15, 0.2) is 18.7 Å². The number of hydrogen-bond donors (Lipinski definition) is 2. The molecule has 1 atom stereocenters. The smallest absolute Gasteiger partial charge is 0.138 e. The van der Waals surface area contributed by atoms with E-state index >= 15 is 0 Å². The van der Waals surface area contributed by atoms with Gasteiger partial charge in [-0.15, -0.1) is 0 Å². The number of nitrogens with zero attached hydrogens (tertiary/aromatic N) is 5. The van der Waals surface area contributed by atoms with Crippen molar-refractivity contribution in [3.8, 4) is 0 Å². The van der Waals surface area contributed by atoms with Gasteiger partial charge in [0.1, 0.15) is 12.2 Å². The van der Waals surface area contributed by atoms with Crippen molar-refractivity contribution in [2.24, 2.45) is 12.9 Å². The largest absolute Gasteiger partial charge is 0.271 e. The molecule has 90 valence electrons. The van der Waals surface area contributed by atoms with Crippen LogP contribution in [-0.2, 0) is 13.5 Å². The minimum atomic E-state index is -0.119. The molecule has 3 N–H and O–H groups in total. The molecule has 2 rings (SSSR count). The normalized spacial score (nSPS) is 12.6. The van der Waals surface area contributed by atoms with Crippen LogP contribution in [0, 0.1) is 6.92 Å². The van der Waals surface area contributed by atoms with Gasteiger partial charge in [0, 0.05) is 19.7 Å². The number of rotatable bonds is 4. The third-order valence-electron chi connectivity index (χ3n) is 2.55. The number of aryl methyl sites for hydroxylation is 2. The molecule has 0 fully saturated rings. The van der Waals surface area contributed by atoms with E-state index in [1.807, 2.05) is 14.0 Å². The van der Waals surface area contributed by atoms with Crippen LogP contribution in [-0.4, -0.2) is 24.7 Å². The first-order chi connectivity index (χ1) is 8.20. The Hall–Kier alpha value is -1.86. The van der Waals surface area contributed by atoms with Gasteiger partial charge >= 0.3 is 0 Å². The van der Waals surface area contributed by atoms with Crippen molar-refractivity contribution < 1.29 is 0 Å². The van der Waals surface area contributed by atoms with Crippen LogP contribution >= 0.6 is 0 Å². The van der Waals surface area contributed by atoms with E-state index in [1.165, 1.54) is 6.33 Å². The van der Waals surface area contributed by atoms with E-state index < -0.39 is 0 Å². The maximum absolute atomic E-state index is 5.53. The number of hydrogen-bond acceptors (Lipinski definition) is 6. The lowest BCUT2D eigenvalue weighted by atomic mass is 10.1. The fourth-order valence-corrected chi connectivity index (χ4v) is 1.52. The first kappa shape index (κ1) is 11.6. The van der Waals surface area contributed by atoms with Crippen molar-refractivity contribution in [3.63, 3.8) is 0 Å². The molecule has 0 aliphatic rings. The molecule has 0 saturated carbocycles. The summed E-state index contributed by atoms with van der Waals surface area (Å²) in [6.45, 7) is 1.89. The van der Waals surface area contributed by atoms with Crippen LogP contribution in [0.5, 0.6) is 0 Å². The molecular weight excluding hydrogens is 218 g/mol. The summed E-state index contributed by atoms with van der Waals surface area (Å²) in [5.74, 6) is 6.38. The third kappa shape index (κ3) is 2.63. The van der Waals surface area contributed by atoms with Gasteiger partial charge in [-0.25, -0.2) is 4.98 Å². The lowest BCUT2D eigenvalue weighted by molar-refractivity contribution is 0.510. The maximum Gasteiger partial charge on any atom is 0.138 e. The van der Waals surface area contributed by atoms with E-state index in [4.69, 9.17) is 5.84 Å². The van der Waals surface area contributed by atoms with Gasteiger partial charge in [0.05, 0.1) is 23.6 Å². The highest BCUT2D eigenvalue weighted by Crippen LogP contribution is 2.13. The number of nitrogens with two attached hydrogens (primary N) is 1. The van der Waals surface area contributed by atoms with Gasteiger partial charge in [0.2, 0.25) is 0 Å². The lowest BCUT2D eigenvalue weighted by Crippen LogP contribution is -2.31. The Bertz CT molecular complexity index is 476. The van der Waals surface area contributed by atoms with Gasteiger partial charge in [0.25, 0.3) is 0 Å². The first-order valence-electron chi connectivity index (χ1n) is 5.28. The Morgan fingerprint density at radius 2 is 2.18 bits per heavy atom. The summed E-state index contributed by atoms with van der Waals surface area (Å²) in [6, 6.07) is -0.119. The highest BCUT2D eigenvalue weighted by atomic mass is 15.3. The Kier molecular flexibility index (Phi) is 3.40. The van der Waals surface area contributed by atoms with E-state index in [2.05, 4.69) is 25.5 Å². The second-order valence-electron chi connectivity index (χ2n) is 3.81. The highest BCUT2D eigenvalue weighted by Gasteiger charge is 2.15. The van der Waals surface area contributed by atoms with Gasteiger partial charge in [-0.1, -0.05) is 0 Å². The van der Waals surface area contributed by atoms with E-state index in [1.54, 1.807) is 17.1 Å². The van der Waals surface area contributed by atoms with Crippen molar-refractivity contribution >= 4 is 0 Å². The van der Waals surface area contributed by atoms with Crippen LogP contribution in [0.2, 0.25) is 0 Å². The van der Waals surface area contributed by atoms with Crippen molar-refractivity contribution in [1.29, 1.82) is 0 Å². The Morgan fingerprint density at radius 3 is 2.71 bits per heavy atom. The van der Waals surface area contributed by atoms with Crippen LogP contribution in [0.1, 0.15) is 23.3 Å². The van der Waals surface area contributed by atoms with Crippen LogP contribution in [0.25, 0.3) is 0 Å². The molecule has 17 heavy (non-hydrogen) atoms. The molecule has 0 aromatic carbocycles. The standard InChI is InChI=1S/C10H15N7/c1-7-4-13-9(5-12-7)8(16-11)3-10-14-6-15-17(10)2/h4-6,8,16H,3,11H2,1-2H3.